The standard InChI is InChI=1S/C22H27BO4Si/c1-16(24)26-20-19(15-25-21(20)23)27-28(22(2,3)4,17-11-7-5-8-12-17)18-13-9-6-10-14-18/h5-14,19-21H,15H2,1-4H3/t19-,20+,21-/m1/s1. The second-order valence-electron chi connectivity index (χ2n) is 8.19. The third kappa shape index (κ3) is 3.95. The zero-order valence-electron chi connectivity index (χ0n) is 16.9. The Bertz CT molecular complexity index is 752. The van der Waals surface area contributed by atoms with Gasteiger partial charge in [-0.1, -0.05) is 81.4 Å². The van der Waals surface area contributed by atoms with E-state index >= 15 is 0 Å². The van der Waals surface area contributed by atoms with E-state index in [0.717, 1.165) is 10.4 Å². The first-order valence-electron chi connectivity index (χ1n) is 9.59. The predicted molar refractivity (Wildman–Crippen MR) is 114 cm³/mol. The molecule has 1 saturated heterocycles. The summed E-state index contributed by atoms with van der Waals surface area (Å²) in [6.07, 6.45) is -1.05. The van der Waals surface area contributed by atoms with E-state index in [4.69, 9.17) is 21.7 Å². The molecule has 0 aliphatic carbocycles. The van der Waals surface area contributed by atoms with Crippen LogP contribution in [0, 0.1) is 0 Å². The van der Waals surface area contributed by atoms with Crippen LogP contribution in [0.4, 0.5) is 0 Å². The average Bonchev–Trinajstić information content (AvgIpc) is 2.99. The summed E-state index contributed by atoms with van der Waals surface area (Å²) in [7, 11) is 3.30. The Labute approximate surface area is 169 Å². The summed E-state index contributed by atoms with van der Waals surface area (Å²) in [6, 6.07) is 20.0. The van der Waals surface area contributed by atoms with Crippen LogP contribution >= 0.6 is 0 Å². The summed E-state index contributed by atoms with van der Waals surface area (Å²) in [5, 5.41) is 2.15. The minimum Gasteiger partial charge on any atom is -0.458 e. The van der Waals surface area contributed by atoms with Crippen molar-refractivity contribution < 1.29 is 18.7 Å². The molecule has 0 unspecified atom stereocenters. The average molecular weight is 394 g/mol. The molecule has 3 atom stereocenters. The molecule has 1 aliphatic rings. The number of esters is 1. The molecule has 6 heteroatoms. The quantitative estimate of drug-likeness (QED) is 0.577. The molecule has 0 aromatic heterocycles. The summed E-state index contributed by atoms with van der Waals surface area (Å²) >= 11 is 0. The van der Waals surface area contributed by atoms with Gasteiger partial charge in [0.05, 0.1) is 12.6 Å². The van der Waals surface area contributed by atoms with E-state index in [1.165, 1.54) is 6.92 Å². The summed E-state index contributed by atoms with van der Waals surface area (Å²) in [5.74, 6) is -0.387. The lowest BCUT2D eigenvalue weighted by Crippen LogP contribution is -2.68. The summed E-state index contributed by atoms with van der Waals surface area (Å²) < 4.78 is 18.1. The fourth-order valence-electron chi connectivity index (χ4n) is 3.96. The molecule has 1 fully saturated rings. The number of rotatable bonds is 5. The van der Waals surface area contributed by atoms with Gasteiger partial charge < -0.3 is 13.9 Å². The minimum atomic E-state index is -2.76. The zero-order valence-corrected chi connectivity index (χ0v) is 17.9. The molecule has 1 heterocycles. The second kappa shape index (κ2) is 8.23. The third-order valence-corrected chi connectivity index (χ3v) is 10.3. The number of benzene rings is 2. The lowest BCUT2D eigenvalue weighted by molar-refractivity contribution is -0.150. The molecule has 0 spiro atoms. The van der Waals surface area contributed by atoms with E-state index in [9.17, 15) is 4.79 Å². The van der Waals surface area contributed by atoms with Gasteiger partial charge in [0.15, 0.2) is 0 Å². The highest BCUT2D eigenvalue weighted by Crippen LogP contribution is 2.39. The van der Waals surface area contributed by atoms with Gasteiger partial charge in [0.2, 0.25) is 0 Å². The molecule has 2 radical (unpaired) electrons. The number of hydrogen-bond donors (Lipinski definition) is 0. The molecule has 0 amide bonds. The van der Waals surface area contributed by atoms with E-state index in [0.29, 0.717) is 6.61 Å². The van der Waals surface area contributed by atoms with Gasteiger partial charge in [-0.2, -0.15) is 0 Å². The molecule has 146 valence electrons. The maximum absolute atomic E-state index is 11.6. The van der Waals surface area contributed by atoms with Crippen LogP contribution in [0.25, 0.3) is 0 Å². The highest BCUT2D eigenvalue weighted by atomic mass is 28.4. The van der Waals surface area contributed by atoms with Crippen molar-refractivity contribution in [1.29, 1.82) is 0 Å². The van der Waals surface area contributed by atoms with Crippen LogP contribution in [-0.2, 0) is 18.7 Å². The van der Waals surface area contributed by atoms with Crippen molar-refractivity contribution in [2.45, 2.75) is 50.9 Å². The highest BCUT2D eigenvalue weighted by Gasteiger charge is 2.54. The lowest BCUT2D eigenvalue weighted by atomic mass is 9.94. The van der Waals surface area contributed by atoms with Gasteiger partial charge in [0, 0.05) is 6.92 Å². The molecule has 1 aliphatic heterocycles. The molecule has 2 aromatic rings. The van der Waals surface area contributed by atoms with Crippen LogP contribution in [-0.4, -0.2) is 47.0 Å². The first-order valence-corrected chi connectivity index (χ1v) is 11.5. The lowest BCUT2D eigenvalue weighted by Gasteiger charge is -2.45. The van der Waals surface area contributed by atoms with Gasteiger partial charge in [0.25, 0.3) is 8.32 Å². The molecular weight excluding hydrogens is 367 g/mol. The van der Waals surface area contributed by atoms with Crippen LogP contribution in [0.15, 0.2) is 60.7 Å². The van der Waals surface area contributed by atoms with Gasteiger partial charge in [0.1, 0.15) is 20.1 Å². The van der Waals surface area contributed by atoms with Crippen LogP contribution in [0.1, 0.15) is 27.7 Å². The van der Waals surface area contributed by atoms with Crippen LogP contribution in [0.3, 0.4) is 0 Å². The Kier molecular flexibility index (Phi) is 6.13. The van der Waals surface area contributed by atoms with Crippen molar-refractivity contribution in [2.24, 2.45) is 0 Å². The molecule has 0 saturated carbocycles. The van der Waals surface area contributed by atoms with E-state index in [1.807, 2.05) is 36.4 Å². The Hall–Kier alpha value is -1.89. The second-order valence-corrected chi connectivity index (χ2v) is 12.4. The Morgan fingerprint density at radius 2 is 1.54 bits per heavy atom. The van der Waals surface area contributed by atoms with Gasteiger partial charge in [-0.05, 0) is 15.4 Å². The molecule has 28 heavy (non-hydrogen) atoms. The topological polar surface area (TPSA) is 44.8 Å². The summed E-state index contributed by atoms with van der Waals surface area (Å²) in [5.41, 5.74) is 0. The van der Waals surface area contributed by atoms with Crippen molar-refractivity contribution in [3.63, 3.8) is 0 Å². The fraction of sp³-hybridized carbons (Fsp3) is 0.409. The first-order chi connectivity index (χ1) is 13.3. The smallest absolute Gasteiger partial charge is 0.303 e. The van der Waals surface area contributed by atoms with Crippen molar-refractivity contribution in [1.82, 2.24) is 0 Å². The highest BCUT2D eigenvalue weighted by molar-refractivity contribution is 6.99. The van der Waals surface area contributed by atoms with E-state index in [2.05, 4.69) is 45.0 Å². The van der Waals surface area contributed by atoms with Crippen molar-refractivity contribution in [3.8, 4) is 0 Å². The minimum absolute atomic E-state index is 0.177. The summed E-state index contributed by atoms with van der Waals surface area (Å²) in [4.78, 5) is 11.6. The maximum Gasteiger partial charge on any atom is 0.303 e. The normalized spacial score (nSPS) is 22.8. The van der Waals surface area contributed by atoms with Gasteiger partial charge >= 0.3 is 5.97 Å². The molecule has 0 bridgehead atoms. The monoisotopic (exact) mass is 394 g/mol. The number of carbonyl (C=O) groups excluding carboxylic acids is 1. The van der Waals surface area contributed by atoms with Crippen LogP contribution < -0.4 is 10.4 Å². The molecule has 0 N–H and O–H groups in total. The molecular formula is C22H27BO4Si. The fourth-order valence-corrected chi connectivity index (χ4v) is 8.63. The number of hydrogen-bond acceptors (Lipinski definition) is 4. The van der Waals surface area contributed by atoms with Crippen molar-refractivity contribution in [2.75, 3.05) is 6.61 Å². The van der Waals surface area contributed by atoms with Gasteiger partial charge in [-0.25, -0.2) is 0 Å². The Balaban J connectivity index is 2.12. The van der Waals surface area contributed by atoms with E-state index in [-0.39, 0.29) is 11.0 Å². The SMILES string of the molecule is [B][C@@H]1OC[C@@H](O[Si](c2ccccc2)(c2ccccc2)C(C)(C)C)[C@@H]1OC(C)=O. The number of carbonyl (C=O) groups is 1. The van der Waals surface area contributed by atoms with E-state index < -0.39 is 26.5 Å². The predicted octanol–water partition coefficient (Wildman–Crippen LogP) is 2.39. The van der Waals surface area contributed by atoms with Crippen LogP contribution in [0.5, 0.6) is 0 Å². The van der Waals surface area contributed by atoms with Crippen LogP contribution in [0.2, 0.25) is 5.04 Å². The Morgan fingerprint density at radius 1 is 1.04 bits per heavy atom. The largest absolute Gasteiger partial charge is 0.458 e. The first kappa shape index (κ1) is 20.8. The maximum atomic E-state index is 11.6. The number of ether oxygens (including phenoxy) is 2. The summed E-state index contributed by atoms with van der Waals surface area (Å²) in [6.45, 7) is 8.29. The van der Waals surface area contributed by atoms with Gasteiger partial charge in [-0.15, -0.1) is 0 Å². The van der Waals surface area contributed by atoms with E-state index in [1.54, 1.807) is 0 Å². The van der Waals surface area contributed by atoms with Crippen molar-refractivity contribution in [3.05, 3.63) is 60.7 Å². The molecule has 2 aromatic carbocycles. The molecule has 3 rings (SSSR count). The zero-order chi connectivity index (χ0) is 20.4. The van der Waals surface area contributed by atoms with Gasteiger partial charge in [-0.3, -0.25) is 4.79 Å². The molecule has 4 nitrogen and oxygen atoms in total. The Morgan fingerprint density at radius 3 is 1.96 bits per heavy atom. The van der Waals surface area contributed by atoms with Crippen molar-refractivity contribution >= 4 is 32.5 Å². The third-order valence-electron chi connectivity index (χ3n) is 5.19.